The first-order chi connectivity index (χ1) is 8.77. The molecule has 18 heavy (non-hydrogen) atoms. The first-order valence-corrected chi connectivity index (χ1v) is 7.07. The van der Waals surface area contributed by atoms with E-state index >= 15 is 0 Å². The second kappa shape index (κ2) is 4.85. The molecule has 0 saturated heterocycles. The molecule has 0 aliphatic heterocycles. The van der Waals surface area contributed by atoms with Crippen molar-refractivity contribution in [3.05, 3.63) is 35.4 Å². The van der Waals surface area contributed by atoms with E-state index in [2.05, 4.69) is 6.07 Å². The van der Waals surface area contributed by atoms with Crippen LogP contribution in [0.2, 0.25) is 0 Å². The number of aryl methyl sites for hydroxylation is 1. The lowest BCUT2D eigenvalue weighted by Crippen LogP contribution is -2.29. The van der Waals surface area contributed by atoms with E-state index in [0.717, 1.165) is 44.1 Å². The van der Waals surface area contributed by atoms with Crippen LogP contribution in [0.25, 0.3) is 0 Å². The lowest BCUT2D eigenvalue weighted by molar-refractivity contribution is 0.0671. The minimum atomic E-state index is -0.260. The lowest BCUT2D eigenvalue weighted by atomic mass is 9.81. The van der Waals surface area contributed by atoms with Gasteiger partial charge in [-0.1, -0.05) is 30.7 Å². The summed E-state index contributed by atoms with van der Waals surface area (Å²) in [5.41, 5.74) is 2.09. The highest BCUT2D eigenvalue weighted by Crippen LogP contribution is 2.38. The van der Waals surface area contributed by atoms with Gasteiger partial charge in [0.15, 0.2) is 5.78 Å². The third-order valence-electron chi connectivity index (χ3n) is 4.63. The predicted molar refractivity (Wildman–Crippen MR) is 70.5 cm³/mol. The van der Waals surface area contributed by atoms with Crippen molar-refractivity contribution in [2.75, 3.05) is 0 Å². The summed E-state index contributed by atoms with van der Waals surface area (Å²) in [5.74, 6) is 0.517. The fourth-order valence-corrected chi connectivity index (χ4v) is 3.67. The fourth-order valence-electron chi connectivity index (χ4n) is 3.67. The minimum absolute atomic E-state index is 0.0474. The maximum atomic E-state index is 12.7. The zero-order valence-corrected chi connectivity index (χ0v) is 10.6. The van der Waals surface area contributed by atoms with Crippen molar-refractivity contribution in [3.8, 4) is 0 Å². The average Bonchev–Trinajstić information content (AvgIpc) is 2.73. The Morgan fingerprint density at radius 1 is 1.06 bits per heavy atom. The Balaban J connectivity index is 1.92. The highest BCUT2D eigenvalue weighted by atomic mass is 16.3. The second-order valence-electron chi connectivity index (χ2n) is 5.68. The number of fused-ring (bicyclic) bond motifs is 1. The van der Waals surface area contributed by atoms with Gasteiger partial charge in [-0.15, -0.1) is 0 Å². The van der Waals surface area contributed by atoms with Gasteiger partial charge in [-0.3, -0.25) is 4.79 Å². The van der Waals surface area contributed by atoms with Crippen LogP contribution >= 0.6 is 0 Å². The summed E-state index contributed by atoms with van der Waals surface area (Å²) >= 11 is 0. The van der Waals surface area contributed by atoms with E-state index in [0.29, 0.717) is 0 Å². The number of carbonyl (C=O) groups is 1. The number of aliphatic hydroxyl groups excluding tert-OH is 1. The van der Waals surface area contributed by atoms with E-state index < -0.39 is 0 Å². The number of benzene rings is 1. The van der Waals surface area contributed by atoms with Crippen LogP contribution in [-0.4, -0.2) is 17.0 Å². The quantitative estimate of drug-likeness (QED) is 0.771. The van der Waals surface area contributed by atoms with Gasteiger partial charge in [0.2, 0.25) is 0 Å². The van der Waals surface area contributed by atoms with Crippen molar-refractivity contribution in [1.82, 2.24) is 0 Å². The summed E-state index contributed by atoms with van der Waals surface area (Å²) in [4.78, 5) is 12.7. The van der Waals surface area contributed by atoms with Crippen LogP contribution in [0.4, 0.5) is 0 Å². The minimum Gasteiger partial charge on any atom is -0.393 e. The van der Waals surface area contributed by atoms with Crippen LogP contribution < -0.4 is 0 Å². The first kappa shape index (κ1) is 11.9. The molecule has 0 aromatic heterocycles. The van der Waals surface area contributed by atoms with Gasteiger partial charge in [-0.2, -0.15) is 0 Å². The molecule has 2 aliphatic rings. The van der Waals surface area contributed by atoms with Crippen molar-refractivity contribution >= 4 is 5.78 Å². The zero-order chi connectivity index (χ0) is 12.5. The van der Waals surface area contributed by atoms with Gasteiger partial charge >= 0.3 is 0 Å². The number of aliphatic hydroxyl groups is 1. The fraction of sp³-hybridized carbons (Fsp3) is 0.562. The van der Waals surface area contributed by atoms with E-state index in [4.69, 9.17) is 0 Å². The van der Waals surface area contributed by atoms with Crippen molar-refractivity contribution in [1.29, 1.82) is 0 Å². The number of hydrogen-bond acceptors (Lipinski definition) is 2. The van der Waals surface area contributed by atoms with Crippen molar-refractivity contribution in [2.24, 2.45) is 11.8 Å². The predicted octanol–water partition coefficient (Wildman–Crippen LogP) is 2.98. The molecule has 96 valence electrons. The van der Waals surface area contributed by atoms with Gasteiger partial charge in [0.1, 0.15) is 0 Å². The molecular weight excluding hydrogens is 224 g/mol. The third kappa shape index (κ3) is 1.99. The number of ketones is 1. The first-order valence-electron chi connectivity index (χ1n) is 7.07. The Hall–Kier alpha value is -1.15. The van der Waals surface area contributed by atoms with E-state index in [1.165, 1.54) is 5.56 Å². The number of Topliss-reactive ketones (excluding diaryl/α,β-unsaturated/α-hetero) is 1. The third-order valence-corrected chi connectivity index (χ3v) is 4.63. The monoisotopic (exact) mass is 244 g/mol. The molecule has 1 N–H and O–H groups in total. The average molecular weight is 244 g/mol. The van der Waals surface area contributed by atoms with Crippen LogP contribution in [0, 0.1) is 11.8 Å². The standard InChI is InChI=1S/C16H20O2/c17-15-10-4-8-13(15)14-9-3-6-11-5-1-2-7-12(11)16(14)18/h1-2,5,7,13-15,17H,3-4,6,8-10H2. The molecule has 2 aliphatic carbocycles. The summed E-state index contributed by atoms with van der Waals surface area (Å²) in [6, 6.07) is 7.99. The second-order valence-corrected chi connectivity index (χ2v) is 5.68. The highest BCUT2D eigenvalue weighted by molar-refractivity contribution is 5.99. The Morgan fingerprint density at radius 2 is 1.89 bits per heavy atom. The topological polar surface area (TPSA) is 37.3 Å². The van der Waals surface area contributed by atoms with E-state index in [1.807, 2.05) is 18.2 Å². The van der Waals surface area contributed by atoms with Gasteiger partial charge < -0.3 is 5.11 Å². The SMILES string of the molecule is O=C1c2ccccc2CCCC1C1CCCC1O. The maximum absolute atomic E-state index is 12.7. The van der Waals surface area contributed by atoms with Crippen LogP contribution in [0.15, 0.2) is 24.3 Å². The molecule has 3 rings (SSSR count). The van der Waals surface area contributed by atoms with Gasteiger partial charge in [0.25, 0.3) is 0 Å². The Morgan fingerprint density at radius 3 is 2.67 bits per heavy atom. The highest BCUT2D eigenvalue weighted by Gasteiger charge is 2.37. The molecule has 1 aromatic rings. The molecule has 1 aromatic carbocycles. The van der Waals surface area contributed by atoms with Crippen LogP contribution in [0.1, 0.15) is 48.0 Å². The molecule has 0 amide bonds. The molecule has 3 atom stereocenters. The van der Waals surface area contributed by atoms with Crippen molar-refractivity contribution in [2.45, 2.75) is 44.6 Å². The van der Waals surface area contributed by atoms with Gasteiger partial charge in [-0.25, -0.2) is 0 Å². The Bertz CT molecular complexity index is 452. The number of carbonyl (C=O) groups excluding carboxylic acids is 1. The van der Waals surface area contributed by atoms with Crippen molar-refractivity contribution in [3.63, 3.8) is 0 Å². The molecule has 2 heteroatoms. The molecule has 3 unspecified atom stereocenters. The van der Waals surface area contributed by atoms with Crippen LogP contribution in [0.5, 0.6) is 0 Å². The molecule has 0 spiro atoms. The molecule has 2 nitrogen and oxygen atoms in total. The molecule has 1 saturated carbocycles. The largest absolute Gasteiger partial charge is 0.393 e. The lowest BCUT2D eigenvalue weighted by Gasteiger charge is -2.23. The normalized spacial score (nSPS) is 32.1. The Kier molecular flexibility index (Phi) is 3.21. The number of rotatable bonds is 1. The number of hydrogen-bond donors (Lipinski definition) is 1. The Labute approximate surface area is 108 Å². The van der Waals surface area contributed by atoms with Gasteiger partial charge in [0, 0.05) is 11.5 Å². The van der Waals surface area contributed by atoms with Gasteiger partial charge in [-0.05, 0) is 43.6 Å². The molecule has 0 heterocycles. The van der Waals surface area contributed by atoms with E-state index in [9.17, 15) is 9.90 Å². The summed E-state index contributed by atoms with van der Waals surface area (Å²) in [6.45, 7) is 0. The smallest absolute Gasteiger partial charge is 0.166 e. The summed E-state index contributed by atoms with van der Waals surface area (Å²) in [7, 11) is 0. The van der Waals surface area contributed by atoms with Crippen LogP contribution in [0.3, 0.4) is 0 Å². The molecular formula is C16H20O2. The molecule has 1 fully saturated rings. The zero-order valence-electron chi connectivity index (χ0n) is 10.6. The van der Waals surface area contributed by atoms with E-state index in [1.54, 1.807) is 0 Å². The van der Waals surface area contributed by atoms with Crippen LogP contribution in [-0.2, 0) is 6.42 Å². The van der Waals surface area contributed by atoms with Gasteiger partial charge in [0.05, 0.1) is 6.10 Å². The maximum Gasteiger partial charge on any atom is 0.166 e. The summed E-state index contributed by atoms with van der Waals surface area (Å²) in [5, 5.41) is 10.0. The molecule has 0 bridgehead atoms. The summed E-state index contributed by atoms with van der Waals surface area (Å²) in [6.07, 6.45) is 5.70. The van der Waals surface area contributed by atoms with Crippen molar-refractivity contribution < 1.29 is 9.90 Å². The summed E-state index contributed by atoms with van der Waals surface area (Å²) < 4.78 is 0. The molecule has 0 radical (unpaired) electrons. The van der Waals surface area contributed by atoms with E-state index in [-0.39, 0.29) is 23.7 Å².